The monoisotopic (exact) mass is 490 g/mol. The van der Waals surface area contributed by atoms with Gasteiger partial charge in [0.1, 0.15) is 4.32 Å². The Morgan fingerprint density at radius 3 is 2.61 bits per heavy atom. The molecule has 0 bridgehead atoms. The van der Waals surface area contributed by atoms with Gasteiger partial charge in [0.25, 0.3) is 5.91 Å². The summed E-state index contributed by atoms with van der Waals surface area (Å²) in [6.07, 6.45) is 4.61. The number of halogens is 2. The van der Waals surface area contributed by atoms with Crippen LogP contribution in [0.3, 0.4) is 0 Å². The molecule has 31 heavy (non-hydrogen) atoms. The molecule has 1 N–H and O–H groups in total. The Morgan fingerprint density at radius 1 is 1.16 bits per heavy atom. The minimum absolute atomic E-state index is 0.124. The van der Waals surface area contributed by atoms with E-state index >= 15 is 0 Å². The third-order valence-electron chi connectivity index (χ3n) is 4.42. The van der Waals surface area contributed by atoms with Gasteiger partial charge in [-0.1, -0.05) is 83.6 Å². The number of rotatable bonds is 7. The summed E-state index contributed by atoms with van der Waals surface area (Å²) in [5.41, 5.74) is 2.61. The van der Waals surface area contributed by atoms with Crippen LogP contribution in [0.25, 0.3) is 6.08 Å². The van der Waals surface area contributed by atoms with Gasteiger partial charge in [-0.05, 0) is 48.8 Å². The van der Waals surface area contributed by atoms with Crippen LogP contribution < -0.4 is 5.32 Å². The van der Waals surface area contributed by atoms with E-state index in [-0.39, 0.29) is 18.2 Å². The second-order valence-electron chi connectivity index (χ2n) is 6.91. The molecule has 1 saturated heterocycles. The zero-order valence-corrected chi connectivity index (χ0v) is 19.9. The van der Waals surface area contributed by atoms with Crippen molar-refractivity contribution in [3.63, 3.8) is 0 Å². The molecule has 0 aliphatic carbocycles. The van der Waals surface area contributed by atoms with Crippen LogP contribution in [-0.4, -0.2) is 27.6 Å². The predicted molar refractivity (Wildman–Crippen MR) is 134 cm³/mol. The maximum atomic E-state index is 12.7. The second kappa shape index (κ2) is 11.0. The fourth-order valence-corrected chi connectivity index (χ4v) is 4.60. The van der Waals surface area contributed by atoms with E-state index in [1.54, 1.807) is 23.1 Å². The number of benzene rings is 2. The van der Waals surface area contributed by atoms with Gasteiger partial charge in [-0.2, -0.15) is 0 Å². The van der Waals surface area contributed by atoms with Crippen molar-refractivity contribution in [1.29, 1.82) is 0 Å². The number of carbonyl (C=O) groups is 2. The highest BCUT2D eigenvalue weighted by Gasteiger charge is 2.31. The Labute approximate surface area is 201 Å². The molecule has 8 heteroatoms. The molecule has 1 heterocycles. The summed E-state index contributed by atoms with van der Waals surface area (Å²) in [6.45, 7) is 2.34. The van der Waals surface area contributed by atoms with Gasteiger partial charge in [0.2, 0.25) is 5.91 Å². The van der Waals surface area contributed by atoms with Crippen LogP contribution in [0.4, 0.5) is 5.69 Å². The van der Waals surface area contributed by atoms with Crippen molar-refractivity contribution < 1.29 is 9.59 Å². The molecule has 1 fully saturated rings. The Balaban J connectivity index is 1.53. The van der Waals surface area contributed by atoms with Crippen LogP contribution in [-0.2, 0) is 9.59 Å². The SMILES string of the molecule is CC(=Cc1ccccc1)C=C1SC(=S)N(CCCC(=O)Nc2ccc(Cl)c(Cl)c2)C1=O. The van der Waals surface area contributed by atoms with E-state index < -0.39 is 0 Å². The number of hydrogen-bond donors (Lipinski definition) is 1. The van der Waals surface area contributed by atoms with Gasteiger partial charge >= 0.3 is 0 Å². The summed E-state index contributed by atoms with van der Waals surface area (Å²) in [4.78, 5) is 27.1. The van der Waals surface area contributed by atoms with Crippen LogP contribution in [0.15, 0.2) is 65.1 Å². The lowest BCUT2D eigenvalue weighted by atomic mass is 10.1. The first-order valence-corrected chi connectivity index (χ1v) is 11.5. The fraction of sp³-hybridized carbons (Fsp3) is 0.174. The molecule has 1 aliphatic heterocycles. The van der Waals surface area contributed by atoms with Crippen molar-refractivity contribution >= 4 is 75.1 Å². The number of thioether (sulfide) groups is 1. The van der Waals surface area contributed by atoms with Crippen LogP contribution >= 0.6 is 47.2 Å². The van der Waals surface area contributed by atoms with Crippen LogP contribution in [0, 0.1) is 0 Å². The Hall–Kier alpha value is -2.12. The van der Waals surface area contributed by atoms with Crippen molar-refractivity contribution in [2.45, 2.75) is 19.8 Å². The van der Waals surface area contributed by atoms with E-state index in [1.807, 2.05) is 49.4 Å². The van der Waals surface area contributed by atoms with Gasteiger partial charge in [0.15, 0.2) is 0 Å². The molecule has 1 aliphatic rings. The van der Waals surface area contributed by atoms with Gasteiger partial charge in [-0.15, -0.1) is 0 Å². The lowest BCUT2D eigenvalue weighted by Gasteiger charge is -2.14. The summed E-state index contributed by atoms with van der Waals surface area (Å²) in [5.74, 6) is -0.290. The van der Waals surface area contributed by atoms with Gasteiger partial charge < -0.3 is 5.32 Å². The van der Waals surface area contributed by atoms with E-state index in [4.69, 9.17) is 35.4 Å². The van der Waals surface area contributed by atoms with Crippen molar-refractivity contribution in [3.8, 4) is 0 Å². The van der Waals surface area contributed by atoms with E-state index in [0.29, 0.717) is 37.9 Å². The highest BCUT2D eigenvalue weighted by Crippen LogP contribution is 2.32. The third kappa shape index (κ3) is 6.68. The summed E-state index contributed by atoms with van der Waals surface area (Å²) >= 11 is 18.5. The van der Waals surface area contributed by atoms with E-state index in [1.165, 1.54) is 11.8 Å². The van der Waals surface area contributed by atoms with E-state index in [9.17, 15) is 9.59 Å². The Bertz CT molecular complexity index is 1070. The number of allylic oxidation sites excluding steroid dienone is 2. The maximum absolute atomic E-state index is 12.7. The van der Waals surface area contributed by atoms with Gasteiger partial charge in [0.05, 0.1) is 15.0 Å². The molecular formula is C23H20Cl2N2O2S2. The normalized spacial score (nSPS) is 15.6. The van der Waals surface area contributed by atoms with Crippen molar-refractivity contribution in [2.24, 2.45) is 0 Å². The minimum Gasteiger partial charge on any atom is -0.326 e. The number of amides is 2. The Morgan fingerprint density at radius 2 is 1.90 bits per heavy atom. The number of hydrogen-bond acceptors (Lipinski definition) is 4. The molecule has 0 unspecified atom stereocenters. The average molecular weight is 491 g/mol. The van der Waals surface area contributed by atoms with Crippen molar-refractivity contribution in [3.05, 3.63) is 80.7 Å². The molecule has 0 spiro atoms. The molecule has 2 aromatic rings. The summed E-state index contributed by atoms with van der Waals surface area (Å²) < 4.78 is 0.508. The molecule has 0 aromatic heterocycles. The van der Waals surface area contributed by atoms with Crippen LogP contribution in [0.5, 0.6) is 0 Å². The topological polar surface area (TPSA) is 49.4 Å². The van der Waals surface area contributed by atoms with Gasteiger partial charge in [0, 0.05) is 18.7 Å². The smallest absolute Gasteiger partial charge is 0.266 e. The molecule has 0 saturated carbocycles. The quantitative estimate of drug-likeness (QED) is 0.352. The Kier molecular flexibility index (Phi) is 8.32. The summed E-state index contributed by atoms with van der Waals surface area (Å²) in [6, 6.07) is 14.8. The van der Waals surface area contributed by atoms with E-state index in [2.05, 4.69) is 5.32 Å². The highest BCUT2D eigenvalue weighted by molar-refractivity contribution is 8.26. The van der Waals surface area contributed by atoms with Crippen LogP contribution in [0.2, 0.25) is 10.0 Å². The fourth-order valence-electron chi connectivity index (χ4n) is 2.95. The first-order chi connectivity index (χ1) is 14.8. The lowest BCUT2D eigenvalue weighted by molar-refractivity contribution is -0.122. The molecule has 0 atom stereocenters. The molecule has 2 amide bonds. The van der Waals surface area contributed by atoms with Crippen LogP contribution in [0.1, 0.15) is 25.3 Å². The largest absolute Gasteiger partial charge is 0.326 e. The zero-order valence-electron chi connectivity index (χ0n) is 16.7. The number of thiocarbonyl (C=S) groups is 1. The first kappa shape index (κ1) is 23.5. The maximum Gasteiger partial charge on any atom is 0.266 e. The van der Waals surface area contributed by atoms with Gasteiger partial charge in [-0.25, -0.2) is 0 Å². The molecule has 3 rings (SSSR count). The molecule has 160 valence electrons. The first-order valence-electron chi connectivity index (χ1n) is 9.57. The van der Waals surface area contributed by atoms with Gasteiger partial charge in [-0.3, -0.25) is 14.5 Å². The third-order valence-corrected chi connectivity index (χ3v) is 6.53. The number of nitrogens with zero attached hydrogens (tertiary/aromatic N) is 1. The standard InChI is InChI=1S/C23H20Cl2N2O2S2/c1-15(12-16-6-3-2-4-7-16)13-20-22(29)27(23(30)31-20)11-5-8-21(28)26-17-9-10-18(24)19(25)14-17/h2-4,6-7,9-10,12-14H,5,8,11H2,1H3,(H,26,28). The molecule has 0 radical (unpaired) electrons. The predicted octanol–water partition coefficient (Wildman–Crippen LogP) is 6.56. The van der Waals surface area contributed by atoms with Crippen molar-refractivity contribution in [2.75, 3.05) is 11.9 Å². The minimum atomic E-state index is -0.166. The number of carbonyl (C=O) groups excluding carboxylic acids is 2. The summed E-state index contributed by atoms with van der Waals surface area (Å²) in [7, 11) is 0. The summed E-state index contributed by atoms with van der Waals surface area (Å²) in [5, 5.41) is 3.58. The average Bonchev–Trinajstić information content (AvgIpc) is 2.98. The zero-order chi connectivity index (χ0) is 22.4. The molecular weight excluding hydrogens is 471 g/mol. The number of anilines is 1. The van der Waals surface area contributed by atoms with E-state index in [0.717, 1.165) is 11.1 Å². The lowest BCUT2D eigenvalue weighted by Crippen LogP contribution is -2.29. The highest BCUT2D eigenvalue weighted by atomic mass is 35.5. The van der Waals surface area contributed by atoms with Crippen molar-refractivity contribution in [1.82, 2.24) is 4.90 Å². The molecule has 4 nitrogen and oxygen atoms in total. The number of nitrogens with one attached hydrogen (secondary N) is 1. The second-order valence-corrected chi connectivity index (χ2v) is 9.40. The molecule has 2 aromatic carbocycles.